The predicted molar refractivity (Wildman–Crippen MR) is 104 cm³/mol. The molecule has 160 valence electrons. The average molecular weight is 407 g/mol. The average Bonchev–Trinajstić information content (AvgIpc) is 3.06. The molecule has 1 aliphatic carbocycles. The van der Waals surface area contributed by atoms with Gasteiger partial charge in [-0.1, -0.05) is 12.1 Å². The number of carbonyl (C=O) groups is 2. The van der Waals surface area contributed by atoms with Crippen LogP contribution in [-0.2, 0) is 32.7 Å². The number of aliphatic hydroxyl groups is 2. The second kappa shape index (κ2) is 9.11. The van der Waals surface area contributed by atoms with Crippen molar-refractivity contribution in [1.82, 2.24) is 5.32 Å². The summed E-state index contributed by atoms with van der Waals surface area (Å²) in [5.41, 5.74) is 1.89. The normalized spacial score (nSPS) is 23.7. The highest BCUT2D eigenvalue weighted by atomic mass is 16.5. The molecule has 3 N–H and O–H groups in total. The van der Waals surface area contributed by atoms with E-state index < -0.39 is 11.5 Å². The molecule has 0 spiro atoms. The first-order valence-corrected chi connectivity index (χ1v) is 9.89. The number of ketones is 1. The van der Waals surface area contributed by atoms with E-state index in [0.717, 1.165) is 11.1 Å². The van der Waals surface area contributed by atoms with Gasteiger partial charge in [0.2, 0.25) is 0 Å². The van der Waals surface area contributed by atoms with Crippen molar-refractivity contribution in [3.05, 3.63) is 28.8 Å². The summed E-state index contributed by atoms with van der Waals surface area (Å²) in [5.74, 6) is 0.775. The number of methoxy groups -OCH3 is 2. The minimum atomic E-state index is -0.597. The first-order chi connectivity index (χ1) is 14.0. The molecule has 3 atom stereocenters. The third kappa shape index (κ3) is 4.10. The highest BCUT2D eigenvalue weighted by Crippen LogP contribution is 2.54. The van der Waals surface area contributed by atoms with Crippen molar-refractivity contribution in [1.29, 1.82) is 0 Å². The van der Waals surface area contributed by atoms with Gasteiger partial charge in [-0.15, -0.1) is 0 Å². The molecular formula is C21H29NO7. The van der Waals surface area contributed by atoms with Crippen LogP contribution >= 0.6 is 0 Å². The van der Waals surface area contributed by atoms with Crippen LogP contribution < -0.4 is 10.1 Å². The third-order valence-corrected chi connectivity index (χ3v) is 6.08. The summed E-state index contributed by atoms with van der Waals surface area (Å²) < 4.78 is 16.3. The Kier molecular flexibility index (Phi) is 6.77. The Hall–Kier alpha value is -2.16. The van der Waals surface area contributed by atoms with Crippen LogP contribution in [0.4, 0.5) is 4.79 Å². The molecule has 0 aromatic heterocycles. The van der Waals surface area contributed by atoms with Crippen LogP contribution in [0.25, 0.3) is 0 Å². The molecular weight excluding hydrogens is 378 g/mol. The number of alkyl carbamates (subject to hydrolysis) is 1. The Morgan fingerprint density at radius 2 is 2.10 bits per heavy atom. The predicted octanol–water partition coefficient (Wildman–Crippen LogP) is 1.23. The molecule has 1 aliphatic heterocycles. The van der Waals surface area contributed by atoms with Crippen LogP contribution in [0.15, 0.2) is 12.1 Å². The molecule has 2 aliphatic rings. The van der Waals surface area contributed by atoms with Crippen molar-refractivity contribution in [2.24, 2.45) is 0 Å². The molecule has 1 heterocycles. The SMILES string of the molecule is COC(=O)NCC[C@@]12CC(=O)CCC1Oc1c(CO)ccc(CC(CO)OC)c12. The minimum Gasteiger partial charge on any atom is -0.489 e. The van der Waals surface area contributed by atoms with Gasteiger partial charge < -0.3 is 29.7 Å². The Labute approximate surface area is 170 Å². The van der Waals surface area contributed by atoms with Crippen LogP contribution in [0.1, 0.15) is 42.4 Å². The summed E-state index contributed by atoms with van der Waals surface area (Å²) in [4.78, 5) is 24.0. The molecule has 0 bridgehead atoms. The third-order valence-electron chi connectivity index (χ3n) is 6.08. The first-order valence-electron chi connectivity index (χ1n) is 9.89. The maximum atomic E-state index is 12.5. The largest absolute Gasteiger partial charge is 0.489 e. The Bertz CT molecular complexity index is 762. The van der Waals surface area contributed by atoms with Gasteiger partial charge in [-0.2, -0.15) is 0 Å². The number of fused-ring (bicyclic) bond motifs is 3. The van der Waals surface area contributed by atoms with Gasteiger partial charge in [0.1, 0.15) is 17.6 Å². The molecule has 0 saturated heterocycles. The first kappa shape index (κ1) is 21.5. The summed E-state index contributed by atoms with van der Waals surface area (Å²) in [6.07, 6.45) is 1.19. The van der Waals surface area contributed by atoms with Crippen molar-refractivity contribution >= 4 is 11.9 Å². The molecule has 29 heavy (non-hydrogen) atoms. The molecule has 1 saturated carbocycles. The summed E-state index contributed by atoms with van der Waals surface area (Å²) >= 11 is 0. The van der Waals surface area contributed by atoms with Crippen molar-refractivity contribution in [3.8, 4) is 5.75 Å². The van der Waals surface area contributed by atoms with E-state index >= 15 is 0 Å². The van der Waals surface area contributed by atoms with E-state index in [-0.39, 0.29) is 31.2 Å². The van der Waals surface area contributed by atoms with Gasteiger partial charge in [0, 0.05) is 49.5 Å². The monoisotopic (exact) mass is 407 g/mol. The number of carbonyl (C=O) groups excluding carboxylic acids is 2. The molecule has 8 heteroatoms. The van der Waals surface area contributed by atoms with Gasteiger partial charge in [-0.25, -0.2) is 4.79 Å². The summed E-state index contributed by atoms with van der Waals surface area (Å²) in [7, 11) is 2.85. The number of nitrogens with one attached hydrogen (secondary N) is 1. The fraction of sp³-hybridized carbons (Fsp3) is 0.619. The van der Waals surface area contributed by atoms with Gasteiger partial charge >= 0.3 is 6.09 Å². The fourth-order valence-electron chi connectivity index (χ4n) is 4.63. The maximum absolute atomic E-state index is 12.5. The van der Waals surface area contributed by atoms with E-state index in [1.807, 2.05) is 12.1 Å². The number of ether oxygens (including phenoxy) is 3. The lowest BCUT2D eigenvalue weighted by Crippen LogP contribution is -2.46. The number of benzene rings is 1. The van der Waals surface area contributed by atoms with Crippen molar-refractivity contribution < 1.29 is 34.0 Å². The quantitative estimate of drug-likeness (QED) is 0.594. The van der Waals surface area contributed by atoms with Crippen molar-refractivity contribution in [2.75, 3.05) is 27.4 Å². The highest BCUT2D eigenvalue weighted by Gasteiger charge is 2.53. The van der Waals surface area contributed by atoms with Gasteiger partial charge in [-0.05, 0) is 18.4 Å². The Morgan fingerprint density at radius 3 is 2.76 bits per heavy atom. The Morgan fingerprint density at radius 1 is 1.34 bits per heavy atom. The number of aliphatic hydroxyl groups excluding tert-OH is 2. The standard InChI is InChI=1S/C21H29NO7/c1-27-16(12-24)9-13-3-4-14(11-23)19-18(13)21(7-8-22-20(26)28-2)10-15(25)5-6-17(21)29-19/h3-4,16-17,23-24H,5-12H2,1-2H3,(H,22,26)/t16?,17?,21-/m1/s1. The zero-order valence-corrected chi connectivity index (χ0v) is 16.9. The highest BCUT2D eigenvalue weighted by molar-refractivity contribution is 5.82. The van der Waals surface area contributed by atoms with Crippen LogP contribution in [0.3, 0.4) is 0 Å². The number of amides is 1. The van der Waals surface area contributed by atoms with Crippen molar-refractivity contribution in [2.45, 2.75) is 56.3 Å². The molecule has 1 amide bonds. The minimum absolute atomic E-state index is 0.132. The molecule has 8 nitrogen and oxygen atoms in total. The lowest BCUT2D eigenvalue weighted by molar-refractivity contribution is -0.124. The molecule has 2 unspecified atom stereocenters. The van der Waals surface area contributed by atoms with Crippen molar-refractivity contribution in [3.63, 3.8) is 0 Å². The van der Waals surface area contributed by atoms with Gasteiger partial charge in [0.05, 0.1) is 26.4 Å². The van der Waals surface area contributed by atoms with Crippen LogP contribution in [-0.4, -0.2) is 61.7 Å². The lowest BCUT2D eigenvalue weighted by atomic mass is 9.64. The van der Waals surface area contributed by atoms with E-state index in [1.165, 1.54) is 7.11 Å². The number of rotatable bonds is 8. The van der Waals surface area contributed by atoms with E-state index in [1.54, 1.807) is 7.11 Å². The second-order valence-corrected chi connectivity index (χ2v) is 7.68. The summed E-state index contributed by atoms with van der Waals surface area (Å²) in [6, 6.07) is 3.73. The van der Waals surface area contributed by atoms with Gasteiger partial charge in [0.25, 0.3) is 0 Å². The lowest BCUT2D eigenvalue weighted by Gasteiger charge is -2.38. The molecule has 1 fully saturated rings. The summed E-state index contributed by atoms with van der Waals surface area (Å²) in [5, 5.41) is 22.1. The van der Waals surface area contributed by atoms with Gasteiger partial charge in [0.15, 0.2) is 0 Å². The number of hydrogen-bond donors (Lipinski definition) is 3. The smallest absolute Gasteiger partial charge is 0.406 e. The molecule has 1 aromatic carbocycles. The topological polar surface area (TPSA) is 114 Å². The van der Waals surface area contributed by atoms with Gasteiger partial charge in [-0.3, -0.25) is 4.79 Å². The second-order valence-electron chi connectivity index (χ2n) is 7.68. The molecule has 3 rings (SSSR count). The Balaban J connectivity index is 2.04. The number of hydrogen-bond acceptors (Lipinski definition) is 7. The van der Waals surface area contributed by atoms with E-state index in [9.17, 15) is 19.8 Å². The number of Topliss-reactive ketones (excluding diaryl/α,β-unsaturated/α-hetero) is 1. The zero-order valence-electron chi connectivity index (χ0n) is 16.9. The van der Waals surface area contributed by atoms with E-state index in [2.05, 4.69) is 10.1 Å². The van der Waals surface area contributed by atoms with Crippen LogP contribution in [0.5, 0.6) is 5.75 Å². The summed E-state index contributed by atoms with van der Waals surface area (Å²) in [6.45, 7) is 0.0242. The van der Waals surface area contributed by atoms with Crippen LogP contribution in [0, 0.1) is 0 Å². The fourth-order valence-corrected chi connectivity index (χ4v) is 4.63. The maximum Gasteiger partial charge on any atom is 0.406 e. The molecule has 0 radical (unpaired) electrons. The zero-order chi connectivity index (χ0) is 21.0. The van der Waals surface area contributed by atoms with E-state index in [4.69, 9.17) is 9.47 Å². The molecule has 1 aromatic rings. The van der Waals surface area contributed by atoms with Crippen LogP contribution in [0.2, 0.25) is 0 Å². The van der Waals surface area contributed by atoms with E-state index in [0.29, 0.717) is 50.0 Å².